The van der Waals surface area contributed by atoms with Crippen molar-refractivity contribution in [2.75, 3.05) is 6.61 Å². The van der Waals surface area contributed by atoms with Gasteiger partial charge in [-0.2, -0.15) is 0 Å². The Labute approximate surface area is 149 Å². The molecule has 2 heterocycles. The lowest BCUT2D eigenvalue weighted by molar-refractivity contribution is 0.100. The highest BCUT2D eigenvalue weighted by Crippen LogP contribution is 2.37. The van der Waals surface area contributed by atoms with E-state index in [0.717, 1.165) is 12.8 Å². The number of nitrogens with one attached hydrogen (secondary N) is 1. The Balaban J connectivity index is 1.90. The van der Waals surface area contributed by atoms with Gasteiger partial charge in [-0.3, -0.25) is 4.79 Å². The minimum absolute atomic E-state index is 0.328. The minimum Gasteiger partial charge on any atom is -0.492 e. The first-order valence-corrected chi connectivity index (χ1v) is 8.52. The number of ether oxygens (including phenoxy) is 1. The highest BCUT2D eigenvalue weighted by Gasteiger charge is 2.24. The lowest BCUT2D eigenvalue weighted by atomic mass is 10.0. The number of amides is 1. The molecule has 2 aromatic heterocycles. The molecule has 1 aliphatic carbocycles. The maximum Gasteiger partial charge on any atom is 0.252 e. The van der Waals surface area contributed by atoms with Crippen LogP contribution < -0.4 is 10.5 Å². The van der Waals surface area contributed by atoms with Gasteiger partial charge in [0.2, 0.25) is 0 Å². The maximum absolute atomic E-state index is 14.1. The van der Waals surface area contributed by atoms with E-state index in [2.05, 4.69) is 15.0 Å². The van der Waals surface area contributed by atoms with Crippen LogP contribution >= 0.6 is 0 Å². The van der Waals surface area contributed by atoms with E-state index < -0.39 is 5.91 Å². The molecule has 26 heavy (non-hydrogen) atoms. The molecular formula is C19H19FN4O2. The number of hydrogen-bond donors (Lipinski definition) is 2. The fraction of sp³-hybridized carbons (Fsp3) is 0.316. The first-order chi connectivity index (χ1) is 12.5. The van der Waals surface area contributed by atoms with Crippen LogP contribution in [0, 0.1) is 25.6 Å². The van der Waals surface area contributed by atoms with E-state index in [1.165, 1.54) is 12.4 Å². The number of aromatic nitrogens is 3. The van der Waals surface area contributed by atoms with Crippen molar-refractivity contribution in [3.8, 4) is 17.0 Å². The number of fused-ring (bicyclic) bond motifs is 1. The fourth-order valence-corrected chi connectivity index (χ4v) is 3.09. The number of carbonyl (C=O) groups excluding carboxylic acids is 1. The van der Waals surface area contributed by atoms with Crippen LogP contribution in [0.15, 0.2) is 18.5 Å². The van der Waals surface area contributed by atoms with Crippen molar-refractivity contribution in [1.82, 2.24) is 15.0 Å². The molecule has 1 amide bonds. The third kappa shape index (κ3) is 2.79. The predicted molar refractivity (Wildman–Crippen MR) is 95.5 cm³/mol. The molecule has 6 nitrogen and oxygen atoms in total. The maximum atomic E-state index is 14.1. The van der Waals surface area contributed by atoms with Crippen molar-refractivity contribution in [2.24, 2.45) is 11.7 Å². The van der Waals surface area contributed by atoms with Crippen molar-refractivity contribution in [2.45, 2.75) is 26.7 Å². The normalized spacial score (nSPS) is 14.0. The summed E-state index contributed by atoms with van der Waals surface area (Å²) in [6, 6.07) is 3.10. The fourth-order valence-electron chi connectivity index (χ4n) is 3.09. The van der Waals surface area contributed by atoms with Gasteiger partial charge in [0.1, 0.15) is 29.1 Å². The number of benzene rings is 1. The highest BCUT2D eigenvalue weighted by molar-refractivity contribution is 6.08. The molecule has 1 saturated carbocycles. The molecule has 0 bridgehead atoms. The number of rotatable bonds is 5. The third-order valence-electron chi connectivity index (χ3n) is 4.71. The number of H-pyrrole nitrogens is 1. The van der Waals surface area contributed by atoms with E-state index in [4.69, 9.17) is 10.5 Å². The molecule has 1 aliphatic rings. The second-order valence-electron chi connectivity index (χ2n) is 6.79. The second kappa shape index (κ2) is 6.09. The SMILES string of the molecule is Cc1cc(-c2ncnc3c(C(N)=O)c(C)[nH]c23)c(OCC2CC2)cc1F. The smallest absolute Gasteiger partial charge is 0.252 e. The summed E-state index contributed by atoms with van der Waals surface area (Å²) in [5.41, 5.74) is 9.18. The molecule has 1 aromatic carbocycles. The molecule has 3 N–H and O–H groups in total. The van der Waals surface area contributed by atoms with Gasteiger partial charge in [0.25, 0.3) is 5.91 Å². The molecule has 0 spiro atoms. The number of halogens is 1. The largest absolute Gasteiger partial charge is 0.492 e. The van der Waals surface area contributed by atoms with E-state index in [0.29, 0.717) is 57.4 Å². The molecule has 4 rings (SSSR count). The molecule has 1 fully saturated rings. The summed E-state index contributed by atoms with van der Waals surface area (Å²) in [5, 5.41) is 0. The summed E-state index contributed by atoms with van der Waals surface area (Å²) in [4.78, 5) is 23.5. The number of nitrogens with zero attached hydrogens (tertiary/aromatic N) is 2. The van der Waals surface area contributed by atoms with Gasteiger partial charge in [0, 0.05) is 17.3 Å². The first kappa shape index (κ1) is 16.5. The Bertz CT molecular complexity index is 1020. The van der Waals surface area contributed by atoms with Crippen LogP contribution in [0.25, 0.3) is 22.3 Å². The van der Waals surface area contributed by atoms with Gasteiger partial charge >= 0.3 is 0 Å². The van der Waals surface area contributed by atoms with E-state index in [9.17, 15) is 9.18 Å². The Morgan fingerprint density at radius 1 is 1.35 bits per heavy atom. The second-order valence-corrected chi connectivity index (χ2v) is 6.79. The molecule has 0 unspecified atom stereocenters. The van der Waals surface area contributed by atoms with Gasteiger partial charge in [0.15, 0.2) is 0 Å². The molecule has 0 atom stereocenters. The number of hydrogen-bond acceptors (Lipinski definition) is 4. The van der Waals surface area contributed by atoms with Crippen molar-refractivity contribution < 1.29 is 13.9 Å². The van der Waals surface area contributed by atoms with Gasteiger partial charge in [-0.05, 0) is 44.2 Å². The number of aromatic amines is 1. The molecule has 0 radical (unpaired) electrons. The van der Waals surface area contributed by atoms with Gasteiger partial charge in [-0.25, -0.2) is 14.4 Å². The summed E-state index contributed by atoms with van der Waals surface area (Å²) in [5.74, 6) is 0.0870. The standard InChI is InChI=1S/C19H19FN4O2/c1-9-5-12(14(6-13(9)20)26-7-11-3-4-11)16-18-17(23-8-22-16)15(19(21)25)10(2)24-18/h5-6,8,11,24H,3-4,7H2,1-2H3,(H2,21,25). The predicted octanol–water partition coefficient (Wildman–Crippen LogP) is 3.27. The monoisotopic (exact) mass is 354 g/mol. The van der Waals surface area contributed by atoms with Crippen LogP contribution in [-0.4, -0.2) is 27.5 Å². The van der Waals surface area contributed by atoms with Crippen molar-refractivity contribution in [3.05, 3.63) is 41.1 Å². The Hall–Kier alpha value is -2.96. The van der Waals surface area contributed by atoms with E-state index in [1.807, 2.05) is 0 Å². The van der Waals surface area contributed by atoms with Crippen LogP contribution in [0.2, 0.25) is 0 Å². The zero-order valence-corrected chi connectivity index (χ0v) is 14.6. The summed E-state index contributed by atoms with van der Waals surface area (Å²) >= 11 is 0. The molecule has 3 aromatic rings. The summed E-state index contributed by atoms with van der Waals surface area (Å²) in [6.45, 7) is 4.00. The van der Waals surface area contributed by atoms with Crippen LogP contribution in [-0.2, 0) is 0 Å². The zero-order chi connectivity index (χ0) is 18.4. The average Bonchev–Trinajstić information content (AvgIpc) is 3.35. The summed E-state index contributed by atoms with van der Waals surface area (Å²) < 4.78 is 20.0. The van der Waals surface area contributed by atoms with Crippen molar-refractivity contribution in [1.29, 1.82) is 0 Å². The minimum atomic E-state index is -0.557. The van der Waals surface area contributed by atoms with E-state index in [-0.39, 0.29) is 5.82 Å². The lowest BCUT2D eigenvalue weighted by Gasteiger charge is -2.13. The highest BCUT2D eigenvalue weighted by atomic mass is 19.1. The Morgan fingerprint density at radius 2 is 2.12 bits per heavy atom. The van der Waals surface area contributed by atoms with Crippen molar-refractivity contribution in [3.63, 3.8) is 0 Å². The van der Waals surface area contributed by atoms with Crippen LogP contribution in [0.1, 0.15) is 34.5 Å². The van der Waals surface area contributed by atoms with Gasteiger partial charge in [-0.1, -0.05) is 0 Å². The molecule has 0 aliphatic heterocycles. The Morgan fingerprint density at radius 3 is 2.81 bits per heavy atom. The van der Waals surface area contributed by atoms with E-state index >= 15 is 0 Å². The van der Waals surface area contributed by atoms with Crippen LogP contribution in [0.5, 0.6) is 5.75 Å². The summed E-state index contributed by atoms with van der Waals surface area (Å²) in [6.07, 6.45) is 3.65. The molecular weight excluding hydrogens is 335 g/mol. The van der Waals surface area contributed by atoms with Gasteiger partial charge < -0.3 is 15.5 Å². The topological polar surface area (TPSA) is 93.9 Å². The van der Waals surface area contributed by atoms with Crippen LogP contribution in [0.3, 0.4) is 0 Å². The number of nitrogens with two attached hydrogens (primary N) is 1. The first-order valence-electron chi connectivity index (χ1n) is 8.52. The quantitative estimate of drug-likeness (QED) is 0.735. The van der Waals surface area contributed by atoms with Gasteiger partial charge in [0.05, 0.1) is 17.7 Å². The lowest BCUT2D eigenvalue weighted by Crippen LogP contribution is -2.12. The van der Waals surface area contributed by atoms with Crippen LogP contribution in [0.4, 0.5) is 4.39 Å². The van der Waals surface area contributed by atoms with Crippen molar-refractivity contribution >= 4 is 16.9 Å². The third-order valence-corrected chi connectivity index (χ3v) is 4.71. The number of aryl methyl sites for hydroxylation is 2. The van der Waals surface area contributed by atoms with Gasteiger partial charge in [-0.15, -0.1) is 0 Å². The molecule has 7 heteroatoms. The molecule has 0 saturated heterocycles. The number of carbonyl (C=O) groups is 1. The zero-order valence-electron chi connectivity index (χ0n) is 14.6. The average molecular weight is 354 g/mol. The number of primary amides is 1. The Kier molecular flexibility index (Phi) is 3.86. The molecule has 134 valence electrons. The summed E-state index contributed by atoms with van der Waals surface area (Å²) in [7, 11) is 0. The van der Waals surface area contributed by atoms with E-state index in [1.54, 1.807) is 19.9 Å².